The van der Waals surface area contributed by atoms with E-state index in [1.165, 1.54) is 26.3 Å². The normalized spacial score (nSPS) is 12.6. The Bertz CT molecular complexity index is 505. The minimum atomic E-state index is -0.558. The van der Waals surface area contributed by atoms with E-state index in [4.69, 9.17) is 4.74 Å². The molecule has 0 saturated carbocycles. The van der Waals surface area contributed by atoms with Crippen molar-refractivity contribution in [1.82, 2.24) is 5.32 Å². The summed E-state index contributed by atoms with van der Waals surface area (Å²) in [6, 6.07) is 0. The first-order valence-electron chi connectivity index (χ1n) is 7.19. The summed E-state index contributed by atoms with van der Waals surface area (Å²) in [6.45, 7) is 3.47. The van der Waals surface area contributed by atoms with Gasteiger partial charge in [0.05, 0.1) is 7.11 Å². The quantitative estimate of drug-likeness (QED) is 0.210. The smallest absolute Gasteiger partial charge is 0.410 e. The lowest BCUT2D eigenvalue weighted by Crippen LogP contribution is -2.15. The van der Waals surface area contributed by atoms with Crippen LogP contribution in [-0.4, -0.2) is 30.6 Å². The predicted octanol–water partition coefficient (Wildman–Crippen LogP) is 2.89. The van der Waals surface area contributed by atoms with Crippen molar-refractivity contribution in [2.24, 2.45) is 0 Å². The fourth-order valence-corrected chi connectivity index (χ4v) is 1.56. The lowest BCUT2D eigenvalue weighted by atomic mass is 10.1. The maximum absolute atomic E-state index is 11.5. The van der Waals surface area contributed by atoms with Crippen molar-refractivity contribution in [2.75, 3.05) is 7.11 Å². The van der Waals surface area contributed by atoms with E-state index in [1.54, 1.807) is 13.0 Å². The number of nitrogens with one attached hydrogen (secondary N) is 1. The maximum atomic E-state index is 11.5. The molecule has 0 spiro atoms. The third-order valence-corrected chi connectivity index (χ3v) is 2.92. The standard InChI is InChI=1S/C16H23NO6/c1-4-14(19)12(2)15(20)10-13(23-11-18)8-6-5-7-9-17-16(21)22-3/h7,9-11,20H,4-6,8H2,1-3H3,(H,17,21)/b9-7+,13-10-,15-12-. The summed E-state index contributed by atoms with van der Waals surface area (Å²) in [6.07, 6.45) is 5.79. The van der Waals surface area contributed by atoms with Crippen LogP contribution in [0.2, 0.25) is 0 Å². The molecule has 7 heteroatoms. The van der Waals surface area contributed by atoms with Crippen LogP contribution < -0.4 is 5.32 Å². The molecule has 0 saturated heterocycles. The average Bonchev–Trinajstić information content (AvgIpc) is 2.55. The van der Waals surface area contributed by atoms with Gasteiger partial charge in [-0.25, -0.2) is 4.79 Å². The number of amides is 1. The first-order valence-corrected chi connectivity index (χ1v) is 7.19. The molecule has 0 atom stereocenters. The van der Waals surface area contributed by atoms with Crippen LogP contribution in [-0.2, 0) is 19.1 Å². The molecule has 0 bridgehead atoms. The van der Waals surface area contributed by atoms with E-state index in [9.17, 15) is 19.5 Å². The van der Waals surface area contributed by atoms with Crippen molar-refractivity contribution in [3.05, 3.63) is 35.4 Å². The molecule has 23 heavy (non-hydrogen) atoms. The van der Waals surface area contributed by atoms with Gasteiger partial charge in [0, 0.05) is 30.7 Å². The number of methoxy groups -OCH3 is 1. The van der Waals surface area contributed by atoms with Gasteiger partial charge in [-0.2, -0.15) is 0 Å². The van der Waals surface area contributed by atoms with E-state index in [1.807, 2.05) is 0 Å². The number of carbonyl (C=O) groups is 3. The Balaban J connectivity index is 4.58. The van der Waals surface area contributed by atoms with Crippen LogP contribution in [0.3, 0.4) is 0 Å². The van der Waals surface area contributed by atoms with Gasteiger partial charge in [-0.1, -0.05) is 13.0 Å². The molecule has 0 heterocycles. The minimum absolute atomic E-state index is 0.180. The molecule has 128 valence electrons. The van der Waals surface area contributed by atoms with Crippen molar-refractivity contribution < 1.29 is 29.0 Å². The van der Waals surface area contributed by atoms with Gasteiger partial charge in [-0.15, -0.1) is 0 Å². The van der Waals surface area contributed by atoms with E-state index < -0.39 is 6.09 Å². The lowest BCUT2D eigenvalue weighted by Gasteiger charge is -2.05. The van der Waals surface area contributed by atoms with Crippen molar-refractivity contribution in [3.8, 4) is 0 Å². The molecule has 0 aliphatic carbocycles. The SMILES string of the molecule is CCC(=O)/C(C)=C(O)/C=C(/CCC/C=C/NC(=O)OC)OC=O. The van der Waals surface area contributed by atoms with Crippen LogP contribution in [0.1, 0.15) is 39.5 Å². The summed E-state index contributed by atoms with van der Waals surface area (Å²) >= 11 is 0. The zero-order valence-electron chi connectivity index (χ0n) is 13.6. The van der Waals surface area contributed by atoms with Crippen LogP contribution in [0.4, 0.5) is 4.79 Å². The fraction of sp³-hybridized carbons (Fsp3) is 0.438. The summed E-state index contributed by atoms with van der Waals surface area (Å²) < 4.78 is 9.19. The number of ether oxygens (including phenoxy) is 2. The molecular weight excluding hydrogens is 302 g/mol. The van der Waals surface area contributed by atoms with Crippen molar-refractivity contribution in [2.45, 2.75) is 39.5 Å². The Morgan fingerprint density at radius 2 is 2.00 bits per heavy atom. The number of hydrogen-bond acceptors (Lipinski definition) is 6. The third kappa shape index (κ3) is 9.13. The highest BCUT2D eigenvalue weighted by atomic mass is 16.5. The second-order valence-corrected chi connectivity index (χ2v) is 4.54. The van der Waals surface area contributed by atoms with Crippen molar-refractivity contribution >= 4 is 18.3 Å². The second kappa shape index (κ2) is 12.0. The largest absolute Gasteiger partial charge is 0.507 e. The number of alkyl carbamates (subject to hydrolysis) is 1. The summed E-state index contributed by atoms with van der Waals surface area (Å²) in [4.78, 5) is 32.8. The molecule has 0 aromatic heterocycles. The van der Waals surface area contributed by atoms with Gasteiger partial charge in [0.25, 0.3) is 6.47 Å². The molecule has 0 unspecified atom stereocenters. The first kappa shape index (κ1) is 20.4. The number of Topliss-reactive ketones (excluding diaryl/α,β-unsaturated/α-hetero) is 1. The molecule has 0 aromatic carbocycles. The molecule has 2 N–H and O–H groups in total. The number of unbranched alkanes of at least 4 members (excludes halogenated alkanes) is 1. The molecule has 0 aromatic rings. The molecule has 1 amide bonds. The zero-order valence-corrected chi connectivity index (χ0v) is 13.6. The monoisotopic (exact) mass is 325 g/mol. The highest BCUT2D eigenvalue weighted by Gasteiger charge is 2.08. The number of allylic oxidation sites excluding steroid dienone is 4. The average molecular weight is 325 g/mol. The van der Waals surface area contributed by atoms with Crippen LogP contribution in [0.25, 0.3) is 0 Å². The van der Waals surface area contributed by atoms with E-state index in [-0.39, 0.29) is 35.8 Å². The number of carbonyl (C=O) groups excluding carboxylic acids is 3. The summed E-state index contributed by atoms with van der Waals surface area (Å²) in [5.74, 6) is -0.132. The summed E-state index contributed by atoms with van der Waals surface area (Å²) in [7, 11) is 1.27. The molecule has 0 rings (SSSR count). The Hall–Kier alpha value is -2.57. The highest BCUT2D eigenvalue weighted by molar-refractivity contribution is 5.95. The Kier molecular flexibility index (Phi) is 10.7. The van der Waals surface area contributed by atoms with Gasteiger partial charge < -0.3 is 14.6 Å². The Morgan fingerprint density at radius 3 is 2.57 bits per heavy atom. The number of ketones is 1. The summed E-state index contributed by atoms with van der Waals surface area (Å²) in [5.41, 5.74) is 0.224. The predicted molar refractivity (Wildman–Crippen MR) is 84.4 cm³/mol. The number of aliphatic hydroxyl groups is 1. The van der Waals surface area contributed by atoms with Gasteiger partial charge in [0.1, 0.15) is 11.5 Å². The molecule has 0 aliphatic heterocycles. The third-order valence-electron chi connectivity index (χ3n) is 2.92. The lowest BCUT2D eigenvalue weighted by molar-refractivity contribution is -0.125. The summed E-state index contributed by atoms with van der Waals surface area (Å²) in [5, 5.41) is 12.2. The van der Waals surface area contributed by atoms with E-state index in [0.29, 0.717) is 19.3 Å². The number of hydrogen-bond donors (Lipinski definition) is 2. The van der Waals surface area contributed by atoms with E-state index in [2.05, 4.69) is 10.1 Å². The molecule has 0 radical (unpaired) electrons. The fourth-order valence-electron chi connectivity index (χ4n) is 1.56. The first-order chi connectivity index (χ1) is 11.0. The van der Waals surface area contributed by atoms with E-state index in [0.717, 1.165) is 0 Å². The van der Waals surface area contributed by atoms with Crippen LogP contribution in [0, 0.1) is 0 Å². The topological polar surface area (TPSA) is 102 Å². The number of aliphatic hydroxyl groups excluding tert-OH is 1. The Morgan fingerprint density at radius 1 is 1.30 bits per heavy atom. The molecule has 0 fully saturated rings. The van der Waals surface area contributed by atoms with Gasteiger partial charge in [0.15, 0.2) is 5.78 Å². The second-order valence-electron chi connectivity index (χ2n) is 4.54. The van der Waals surface area contributed by atoms with Gasteiger partial charge in [0.2, 0.25) is 0 Å². The Labute approximate surface area is 135 Å². The van der Waals surface area contributed by atoms with Gasteiger partial charge in [-0.3, -0.25) is 14.9 Å². The van der Waals surface area contributed by atoms with Gasteiger partial charge >= 0.3 is 6.09 Å². The molecule has 7 nitrogen and oxygen atoms in total. The van der Waals surface area contributed by atoms with Crippen molar-refractivity contribution in [3.63, 3.8) is 0 Å². The van der Waals surface area contributed by atoms with E-state index >= 15 is 0 Å². The zero-order chi connectivity index (χ0) is 17.7. The van der Waals surface area contributed by atoms with Crippen LogP contribution >= 0.6 is 0 Å². The van der Waals surface area contributed by atoms with Crippen molar-refractivity contribution in [1.29, 1.82) is 0 Å². The number of rotatable bonds is 10. The minimum Gasteiger partial charge on any atom is -0.507 e. The maximum Gasteiger partial charge on any atom is 0.410 e. The molecular formula is C16H23NO6. The highest BCUT2D eigenvalue weighted by Crippen LogP contribution is 2.14. The van der Waals surface area contributed by atoms with Crippen LogP contribution in [0.15, 0.2) is 35.4 Å². The van der Waals surface area contributed by atoms with Gasteiger partial charge in [-0.05, 0) is 19.8 Å². The van der Waals surface area contributed by atoms with Crippen LogP contribution in [0.5, 0.6) is 0 Å². The molecule has 0 aliphatic rings.